The minimum Gasteiger partial charge on any atom is -0.502 e. The number of aliphatic hydroxyl groups excluding tert-OH is 1. The van der Waals surface area contributed by atoms with Crippen LogP contribution in [0.25, 0.3) is 0 Å². The predicted octanol–water partition coefficient (Wildman–Crippen LogP) is 2.10. The van der Waals surface area contributed by atoms with Crippen LogP contribution in [0.5, 0.6) is 0 Å². The SMILES string of the molecule is CCOC(=O)C(O)=CC1=CCCC1. The lowest BCUT2D eigenvalue weighted by molar-refractivity contribution is -0.141. The molecule has 3 nitrogen and oxygen atoms in total. The Bertz CT molecular complexity index is 251. The van der Waals surface area contributed by atoms with Gasteiger partial charge in [0.25, 0.3) is 0 Å². The van der Waals surface area contributed by atoms with Gasteiger partial charge in [-0.2, -0.15) is 0 Å². The van der Waals surface area contributed by atoms with E-state index in [4.69, 9.17) is 0 Å². The summed E-state index contributed by atoms with van der Waals surface area (Å²) in [6.45, 7) is 2.00. The highest BCUT2D eigenvalue weighted by atomic mass is 16.5. The highest BCUT2D eigenvalue weighted by Crippen LogP contribution is 2.19. The molecule has 0 atom stereocenters. The standard InChI is InChI=1S/C10H14O3/c1-2-13-10(12)9(11)7-8-5-3-4-6-8/h5,7,11H,2-4,6H2,1H3. The third-order valence-corrected chi connectivity index (χ3v) is 1.88. The van der Waals surface area contributed by atoms with Crippen molar-refractivity contribution in [1.82, 2.24) is 0 Å². The minimum absolute atomic E-state index is 0.287. The molecule has 72 valence electrons. The average molecular weight is 182 g/mol. The summed E-state index contributed by atoms with van der Waals surface area (Å²) in [6, 6.07) is 0. The van der Waals surface area contributed by atoms with Crippen LogP contribution in [0.15, 0.2) is 23.5 Å². The Morgan fingerprint density at radius 1 is 1.77 bits per heavy atom. The molecule has 0 aromatic carbocycles. The molecule has 0 saturated carbocycles. The molecule has 1 N–H and O–H groups in total. The van der Waals surface area contributed by atoms with E-state index in [-0.39, 0.29) is 12.4 Å². The Morgan fingerprint density at radius 2 is 2.54 bits per heavy atom. The molecule has 0 fully saturated rings. The molecule has 3 heteroatoms. The molecular weight excluding hydrogens is 168 g/mol. The number of rotatable bonds is 3. The van der Waals surface area contributed by atoms with Gasteiger partial charge in [-0.15, -0.1) is 0 Å². The summed E-state index contributed by atoms with van der Waals surface area (Å²) < 4.78 is 4.63. The number of ether oxygens (including phenoxy) is 1. The van der Waals surface area contributed by atoms with Crippen LogP contribution in [-0.2, 0) is 9.53 Å². The Hall–Kier alpha value is -1.25. The zero-order chi connectivity index (χ0) is 9.68. The molecule has 0 spiro atoms. The second kappa shape index (κ2) is 4.70. The monoisotopic (exact) mass is 182 g/mol. The Labute approximate surface area is 77.7 Å². The number of carbonyl (C=O) groups is 1. The largest absolute Gasteiger partial charge is 0.502 e. The van der Waals surface area contributed by atoms with Crippen LogP contribution in [0.3, 0.4) is 0 Å². The van der Waals surface area contributed by atoms with Crippen molar-refractivity contribution in [1.29, 1.82) is 0 Å². The van der Waals surface area contributed by atoms with Crippen LogP contribution in [0.4, 0.5) is 0 Å². The smallest absolute Gasteiger partial charge is 0.373 e. The summed E-state index contributed by atoms with van der Waals surface area (Å²) in [6.07, 6.45) is 6.58. The molecular formula is C10H14O3. The third kappa shape index (κ3) is 2.93. The van der Waals surface area contributed by atoms with Gasteiger partial charge in [0.1, 0.15) is 0 Å². The van der Waals surface area contributed by atoms with Gasteiger partial charge in [0.2, 0.25) is 5.76 Å². The highest BCUT2D eigenvalue weighted by molar-refractivity contribution is 5.86. The maximum absolute atomic E-state index is 11.0. The van der Waals surface area contributed by atoms with Crippen LogP contribution in [-0.4, -0.2) is 17.7 Å². The summed E-state index contributed by atoms with van der Waals surface area (Å²) in [4.78, 5) is 11.0. The fourth-order valence-electron chi connectivity index (χ4n) is 1.27. The molecule has 1 rings (SSSR count). The van der Waals surface area contributed by atoms with Crippen LogP contribution in [0.1, 0.15) is 26.2 Å². The summed E-state index contributed by atoms with van der Waals surface area (Å²) in [5.74, 6) is -0.940. The predicted molar refractivity (Wildman–Crippen MR) is 49.3 cm³/mol. The Morgan fingerprint density at radius 3 is 3.08 bits per heavy atom. The number of allylic oxidation sites excluding steroid dienone is 3. The molecule has 1 aliphatic rings. The summed E-state index contributed by atoms with van der Waals surface area (Å²) in [5.41, 5.74) is 1.02. The van der Waals surface area contributed by atoms with E-state index in [0.29, 0.717) is 0 Å². The van der Waals surface area contributed by atoms with E-state index >= 15 is 0 Å². The molecule has 0 bridgehead atoms. The van der Waals surface area contributed by atoms with E-state index < -0.39 is 5.97 Å². The molecule has 0 unspecified atom stereocenters. The van der Waals surface area contributed by atoms with Crippen molar-refractivity contribution in [3.63, 3.8) is 0 Å². The Balaban J connectivity index is 2.54. The summed E-state index contributed by atoms with van der Waals surface area (Å²) >= 11 is 0. The molecule has 0 heterocycles. The summed E-state index contributed by atoms with van der Waals surface area (Å²) in [7, 11) is 0. The van der Waals surface area contributed by atoms with E-state index in [1.54, 1.807) is 6.92 Å². The van der Waals surface area contributed by atoms with Crippen molar-refractivity contribution in [2.45, 2.75) is 26.2 Å². The number of esters is 1. The first-order chi connectivity index (χ1) is 6.24. The van der Waals surface area contributed by atoms with E-state index in [2.05, 4.69) is 4.74 Å². The first kappa shape index (κ1) is 9.84. The fraction of sp³-hybridized carbons (Fsp3) is 0.500. The molecule has 0 radical (unpaired) electrons. The zero-order valence-electron chi connectivity index (χ0n) is 7.75. The first-order valence-corrected chi connectivity index (χ1v) is 4.51. The second-order valence-corrected chi connectivity index (χ2v) is 2.92. The lowest BCUT2D eigenvalue weighted by Gasteiger charge is -2.00. The lowest BCUT2D eigenvalue weighted by atomic mass is 10.2. The Kier molecular flexibility index (Phi) is 3.55. The van der Waals surface area contributed by atoms with Crippen molar-refractivity contribution in [2.24, 2.45) is 0 Å². The van der Waals surface area contributed by atoms with Gasteiger partial charge in [0, 0.05) is 0 Å². The maximum Gasteiger partial charge on any atom is 0.373 e. The first-order valence-electron chi connectivity index (χ1n) is 4.51. The highest BCUT2D eigenvalue weighted by Gasteiger charge is 2.10. The van der Waals surface area contributed by atoms with Crippen LogP contribution < -0.4 is 0 Å². The fourth-order valence-corrected chi connectivity index (χ4v) is 1.27. The van der Waals surface area contributed by atoms with Gasteiger partial charge in [-0.1, -0.05) is 6.08 Å². The molecule has 0 saturated heterocycles. The summed E-state index contributed by atoms with van der Waals surface area (Å²) in [5, 5.41) is 9.25. The van der Waals surface area contributed by atoms with Crippen molar-refractivity contribution in [3.05, 3.63) is 23.5 Å². The van der Waals surface area contributed by atoms with Crippen molar-refractivity contribution in [2.75, 3.05) is 6.61 Å². The van der Waals surface area contributed by atoms with Crippen LogP contribution >= 0.6 is 0 Å². The zero-order valence-corrected chi connectivity index (χ0v) is 7.75. The van der Waals surface area contributed by atoms with Gasteiger partial charge < -0.3 is 9.84 Å². The minimum atomic E-state index is -0.643. The van der Waals surface area contributed by atoms with Gasteiger partial charge in [0.15, 0.2) is 0 Å². The van der Waals surface area contributed by atoms with E-state index in [1.807, 2.05) is 6.08 Å². The van der Waals surface area contributed by atoms with Crippen molar-refractivity contribution in [3.8, 4) is 0 Å². The van der Waals surface area contributed by atoms with Gasteiger partial charge >= 0.3 is 5.97 Å². The van der Waals surface area contributed by atoms with E-state index in [9.17, 15) is 9.90 Å². The number of hydrogen-bond donors (Lipinski definition) is 1. The van der Waals surface area contributed by atoms with Crippen molar-refractivity contribution < 1.29 is 14.6 Å². The van der Waals surface area contributed by atoms with Crippen molar-refractivity contribution >= 4 is 5.97 Å². The lowest BCUT2D eigenvalue weighted by Crippen LogP contribution is -2.07. The van der Waals surface area contributed by atoms with E-state index in [1.165, 1.54) is 6.08 Å². The van der Waals surface area contributed by atoms with Gasteiger partial charge in [-0.25, -0.2) is 4.79 Å². The van der Waals surface area contributed by atoms with E-state index in [0.717, 1.165) is 24.8 Å². The normalized spacial score (nSPS) is 17.0. The van der Waals surface area contributed by atoms with Crippen LogP contribution in [0, 0.1) is 0 Å². The molecule has 13 heavy (non-hydrogen) atoms. The maximum atomic E-state index is 11.0. The number of hydrogen-bond acceptors (Lipinski definition) is 3. The van der Waals surface area contributed by atoms with Gasteiger partial charge in [-0.3, -0.25) is 0 Å². The number of aliphatic hydroxyl groups is 1. The van der Waals surface area contributed by atoms with Gasteiger partial charge in [-0.05, 0) is 37.8 Å². The number of carbonyl (C=O) groups excluding carboxylic acids is 1. The van der Waals surface area contributed by atoms with Gasteiger partial charge in [0.05, 0.1) is 6.61 Å². The second-order valence-electron chi connectivity index (χ2n) is 2.92. The third-order valence-electron chi connectivity index (χ3n) is 1.88. The molecule has 0 amide bonds. The topological polar surface area (TPSA) is 46.5 Å². The molecule has 0 aromatic rings. The van der Waals surface area contributed by atoms with Crippen LogP contribution in [0.2, 0.25) is 0 Å². The quantitative estimate of drug-likeness (QED) is 0.413. The molecule has 0 aliphatic heterocycles. The molecule has 0 aromatic heterocycles. The molecule has 1 aliphatic carbocycles. The average Bonchev–Trinajstić information content (AvgIpc) is 2.57.